The molecule has 2 amide bonds. The smallest absolute Gasteiger partial charge is 0.312 e. The first-order valence-corrected chi connectivity index (χ1v) is 5.73. The van der Waals surface area contributed by atoms with Crippen LogP contribution in [0.1, 0.15) is 31.4 Å². The Morgan fingerprint density at radius 3 is 2.75 bits per heavy atom. The molecular formula is C13H20N2O. The second-order valence-electron chi connectivity index (χ2n) is 4.26. The molecule has 0 heterocycles. The number of carbonyl (C=O) groups excluding carboxylic acids is 1. The molecule has 1 aromatic carbocycles. The number of nitrogens with one attached hydrogen (secondary N) is 1. The number of rotatable bonds is 5. The fourth-order valence-corrected chi connectivity index (χ4v) is 1.60. The lowest BCUT2D eigenvalue weighted by Crippen LogP contribution is -2.28. The standard InChI is InChI=1S/C13H20N2O/c1-3-10(2)7-11-5-4-6-12(8-11)9-15-13(14)16/h4-6,8,10H,3,7,9H2,1-2H3,(H3,14,15,16)/t10-/m1/s1. The van der Waals surface area contributed by atoms with Crippen molar-refractivity contribution in [2.75, 3.05) is 0 Å². The molecule has 0 aliphatic carbocycles. The quantitative estimate of drug-likeness (QED) is 0.786. The van der Waals surface area contributed by atoms with Crippen molar-refractivity contribution >= 4 is 6.03 Å². The molecule has 1 aromatic rings. The van der Waals surface area contributed by atoms with E-state index >= 15 is 0 Å². The van der Waals surface area contributed by atoms with Gasteiger partial charge in [-0.15, -0.1) is 0 Å². The van der Waals surface area contributed by atoms with Crippen molar-refractivity contribution < 1.29 is 4.79 Å². The van der Waals surface area contributed by atoms with Crippen molar-refractivity contribution in [3.8, 4) is 0 Å². The van der Waals surface area contributed by atoms with Gasteiger partial charge in [-0.3, -0.25) is 0 Å². The van der Waals surface area contributed by atoms with Crippen LogP contribution in [0.4, 0.5) is 4.79 Å². The van der Waals surface area contributed by atoms with Gasteiger partial charge in [0.2, 0.25) is 0 Å². The number of benzene rings is 1. The second-order valence-corrected chi connectivity index (χ2v) is 4.26. The van der Waals surface area contributed by atoms with Crippen molar-refractivity contribution in [3.05, 3.63) is 35.4 Å². The van der Waals surface area contributed by atoms with Gasteiger partial charge in [0.25, 0.3) is 0 Å². The Balaban J connectivity index is 2.60. The van der Waals surface area contributed by atoms with Crippen LogP contribution in [0, 0.1) is 5.92 Å². The SMILES string of the molecule is CC[C@@H](C)Cc1cccc(CNC(N)=O)c1. The maximum absolute atomic E-state index is 10.6. The zero-order valence-electron chi connectivity index (χ0n) is 9.99. The zero-order valence-corrected chi connectivity index (χ0v) is 9.99. The van der Waals surface area contributed by atoms with Crippen LogP contribution >= 0.6 is 0 Å². The summed E-state index contributed by atoms with van der Waals surface area (Å²) in [6, 6.07) is 7.79. The third kappa shape index (κ3) is 4.34. The lowest BCUT2D eigenvalue weighted by atomic mass is 9.98. The van der Waals surface area contributed by atoms with Gasteiger partial charge in [-0.2, -0.15) is 0 Å². The number of urea groups is 1. The predicted molar refractivity (Wildman–Crippen MR) is 66.0 cm³/mol. The molecule has 0 aliphatic rings. The highest BCUT2D eigenvalue weighted by molar-refractivity contribution is 5.71. The van der Waals surface area contributed by atoms with Gasteiger partial charge in [-0.05, 0) is 23.5 Å². The minimum Gasteiger partial charge on any atom is -0.352 e. The maximum atomic E-state index is 10.6. The van der Waals surface area contributed by atoms with Gasteiger partial charge < -0.3 is 11.1 Å². The van der Waals surface area contributed by atoms with E-state index in [-0.39, 0.29) is 0 Å². The molecule has 3 N–H and O–H groups in total. The first-order chi connectivity index (χ1) is 7.61. The van der Waals surface area contributed by atoms with Gasteiger partial charge in [0.05, 0.1) is 0 Å². The molecule has 0 saturated heterocycles. The Kier molecular flexibility index (Phi) is 4.83. The lowest BCUT2D eigenvalue weighted by molar-refractivity contribution is 0.248. The molecule has 0 aromatic heterocycles. The number of carbonyl (C=O) groups is 1. The van der Waals surface area contributed by atoms with Crippen molar-refractivity contribution in [1.29, 1.82) is 0 Å². The van der Waals surface area contributed by atoms with Crippen LogP contribution < -0.4 is 11.1 Å². The predicted octanol–water partition coefficient (Wildman–Crippen LogP) is 2.44. The summed E-state index contributed by atoms with van der Waals surface area (Å²) in [5.74, 6) is 0.694. The average molecular weight is 220 g/mol. The second kappa shape index (κ2) is 6.16. The largest absolute Gasteiger partial charge is 0.352 e. The van der Waals surface area contributed by atoms with Gasteiger partial charge in [0.15, 0.2) is 0 Å². The number of primary amides is 1. The lowest BCUT2D eigenvalue weighted by Gasteiger charge is -2.10. The molecular weight excluding hydrogens is 200 g/mol. The van der Waals surface area contributed by atoms with Crippen LogP contribution in [0.15, 0.2) is 24.3 Å². The van der Waals surface area contributed by atoms with E-state index in [1.807, 2.05) is 12.1 Å². The van der Waals surface area contributed by atoms with Crippen molar-refractivity contribution in [3.63, 3.8) is 0 Å². The Bertz CT molecular complexity index is 350. The normalized spacial score (nSPS) is 12.1. The minimum atomic E-state index is -0.479. The first kappa shape index (κ1) is 12.6. The topological polar surface area (TPSA) is 55.1 Å². The van der Waals surface area contributed by atoms with Crippen LogP contribution in [0.25, 0.3) is 0 Å². The molecule has 3 heteroatoms. The highest BCUT2D eigenvalue weighted by Crippen LogP contribution is 2.13. The van der Waals surface area contributed by atoms with E-state index in [4.69, 9.17) is 5.73 Å². The Labute approximate surface area is 97.0 Å². The Hall–Kier alpha value is -1.51. The number of hydrogen-bond acceptors (Lipinski definition) is 1. The number of hydrogen-bond donors (Lipinski definition) is 2. The van der Waals surface area contributed by atoms with E-state index in [1.165, 1.54) is 12.0 Å². The van der Waals surface area contributed by atoms with E-state index < -0.39 is 6.03 Å². The molecule has 1 atom stereocenters. The molecule has 0 spiro atoms. The van der Waals surface area contributed by atoms with Gasteiger partial charge in [0.1, 0.15) is 0 Å². The zero-order chi connectivity index (χ0) is 12.0. The highest BCUT2D eigenvalue weighted by atomic mass is 16.2. The van der Waals surface area contributed by atoms with Crippen LogP contribution in [-0.2, 0) is 13.0 Å². The van der Waals surface area contributed by atoms with Gasteiger partial charge >= 0.3 is 6.03 Å². The van der Waals surface area contributed by atoms with Crippen molar-refractivity contribution in [2.24, 2.45) is 11.7 Å². The van der Waals surface area contributed by atoms with Crippen LogP contribution in [0.2, 0.25) is 0 Å². The summed E-state index contributed by atoms with van der Waals surface area (Å²) >= 11 is 0. The summed E-state index contributed by atoms with van der Waals surface area (Å²) < 4.78 is 0. The maximum Gasteiger partial charge on any atom is 0.312 e. The number of amides is 2. The fraction of sp³-hybridized carbons (Fsp3) is 0.462. The first-order valence-electron chi connectivity index (χ1n) is 5.73. The Morgan fingerprint density at radius 1 is 1.44 bits per heavy atom. The molecule has 0 bridgehead atoms. The highest BCUT2D eigenvalue weighted by Gasteiger charge is 2.02. The van der Waals surface area contributed by atoms with Gasteiger partial charge in [0, 0.05) is 6.54 Å². The molecule has 1 rings (SSSR count). The number of nitrogens with two attached hydrogens (primary N) is 1. The summed E-state index contributed by atoms with van der Waals surface area (Å²) in [6.45, 7) is 4.95. The molecule has 88 valence electrons. The molecule has 0 aliphatic heterocycles. The van der Waals surface area contributed by atoms with E-state index in [9.17, 15) is 4.79 Å². The summed E-state index contributed by atoms with van der Waals surface area (Å²) in [5, 5.41) is 2.60. The molecule has 0 radical (unpaired) electrons. The summed E-state index contributed by atoms with van der Waals surface area (Å²) in [7, 11) is 0. The van der Waals surface area contributed by atoms with E-state index in [1.54, 1.807) is 0 Å². The Morgan fingerprint density at radius 2 is 2.12 bits per heavy atom. The molecule has 0 saturated carbocycles. The van der Waals surface area contributed by atoms with Crippen LogP contribution in [0.3, 0.4) is 0 Å². The summed E-state index contributed by atoms with van der Waals surface area (Å²) in [6.07, 6.45) is 2.27. The monoisotopic (exact) mass is 220 g/mol. The molecule has 0 unspecified atom stereocenters. The van der Waals surface area contributed by atoms with E-state index in [0.29, 0.717) is 12.5 Å². The van der Waals surface area contributed by atoms with Crippen LogP contribution in [0.5, 0.6) is 0 Å². The molecule has 3 nitrogen and oxygen atoms in total. The molecule has 16 heavy (non-hydrogen) atoms. The van der Waals surface area contributed by atoms with Crippen molar-refractivity contribution in [2.45, 2.75) is 33.2 Å². The summed E-state index contributed by atoms with van der Waals surface area (Å²) in [4.78, 5) is 10.6. The van der Waals surface area contributed by atoms with Gasteiger partial charge in [-0.25, -0.2) is 4.79 Å². The third-order valence-corrected chi connectivity index (χ3v) is 2.74. The van der Waals surface area contributed by atoms with E-state index in [2.05, 4.69) is 31.3 Å². The molecule has 0 fully saturated rings. The van der Waals surface area contributed by atoms with Crippen molar-refractivity contribution in [1.82, 2.24) is 5.32 Å². The average Bonchev–Trinajstić information content (AvgIpc) is 2.26. The minimum absolute atomic E-state index is 0.479. The third-order valence-electron chi connectivity index (χ3n) is 2.74. The van der Waals surface area contributed by atoms with E-state index in [0.717, 1.165) is 12.0 Å². The van der Waals surface area contributed by atoms with Crippen LogP contribution in [-0.4, -0.2) is 6.03 Å². The summed E-state index contributed by atoms with van der Waals surface area (Å²) in [5.41, 5.74) is 7.45. The fourth-order valence-electron chi connectivity index (χ4n) is 1.60. The van der Waals surface area contributed by atoms with Gasteiger partial charge in [-0.1, -0.05) is 44.5 Å².